The van der Waals surface area contributed by atoms with Crippen molar-refractivity contribution in [3.63, 3.8) is 0 Å². The molecule has 2 aliphatic heterocycles. The van der Waals surface area contributed by atoms with E-state index in [9.17, 15) is 4.79 Å². The number of pyridine rings is 1. The fraction of sp³-hybridized carbons (Fsp3) is 0.636. The van der Waals surface area contributed by atoms with Crippen LogP contribution in [0.2, 0.25) is 0 Å². The number of ether oxygens (including phenoxy) is 1. The van der Waals surface area contributed by atoms with Crippen LogP contribution < -0.4 is 0 Å². The van der Waals surface area contributed by atoms with Crippen molar-refractivity contribution in [3.8, 4) is 0 Å². The first-order chi connectivity index (χ1) is 13.1. The summed E-state index contributed by atoms with van der Waals surface area (Å²) in [5.74, 6) is 0.0948. The van der Waals surface area contributed by atoms with Crippen molar-refractivity contribution in [2.45, 2.75) is 51.0 Å². The van der Waals surface area contributed by atoms with E-state index in [2.05, 4.69) is 16.0 Å². The summed E-state index contributed by atoms with van der Waals surface area (Å²) in [6.07, 6.45) is 11.2. The second kappa shape index (κ2) is 8.11. The fourth-order valence-corrected chi connectivity index (χ4v) is 4.59. The van der Waals surface area contributed by atoms with Crippen molar-refractivity contribution in [2.75, 3.05) is 39.3 Å². The lowest BCUT2D eigenvalue weighted by Crippen LogP contribution is -2.57. The van der Waals surface area contributed by atoms with Gasteiger partial charge in [0.25, 0.3) is 5.91 Å². The minimum atomic E-state index is -0.0736. The second-order valence-electron chi connectivity index (χ2n) is 8.33. The van der Waals surface area contributed by atoms with Gasteiger partial charge in [-0.15, -0.1) is 0 Å². The molecule has 3 heterocycles. The number of carbonyl (C=O) groups excluding carboxylic acids is 1. The zero-order valence-electron chi connectivity index (χ0n) is 16.5. The van der Waals surface area contributed by atoms with E-state index in [0.29, 0.717) is 5.56 Å². The molecule has 0 N–H and O–H groups in total. The summed E-state index contributed by atoms with van der Waals surface area (Å²) in [6.45, 7) is 7.40. The molecule has 1 aromatic rings. The van der Waals surface area contributed by atoms with E-state index in [1.54, 1.807) is 11.8 Å². The standard InChI is InChI=1S/C22H31N3O2/c1-18-7-8-20(15-23-18)21(26)25-11-9-22(10-12-25)17-24(13-14-27-22)16-19-5-3-2-4-6-19/h5,7-8,15H,2-4,6,9-14,16-17H2,1H3. The molecule has 1 spiro atoms. The Morgan fingerprint density at radius 2 is 2.07 bits per heavy atom. The first kappa shape index (κ1) is 18.6. The minimum Gasteiger partial charge on any atom is -0.372 e. The lowest BCUT2D eigenvalue weighted by molar-refractivity contribution is -0.130. The van der Waals surface area contributed by atoms with Gasteiger partial charge in [-0.1, -0.05) is 11.6 Å². The molecule has 0 unspecified atom stereocenters. The first-order valence-electron chi connectivity index (χ1n) is 10.4. The first-order valence-corrected chi connectivity index (χ1v) is 10.4. The van der Waals surface area contributed by atoms with Gasteiger partial charge in [0, 0.05) is 44.6 Å². The van der Waals surface area contributed by atoms with Crippen molar-refractivity contribution in [1.82, 2.24) is 14.8 Å². The molecule has 146 valence electrons. The third-order valence-electron chi connectivity index (χ3n) is 6.26. The van der Waals surface area contributed by atoms with E-state index < -0.39 is 0 Å². The van der Waals surface area contributed by atoms with Crippen LogP contribution in [0.15, 0.2) is 30.0 Å². The summed E-state index contributed by atoms with van der Waals surface area (Å²) >= 11 is 0. The van der Waals surface area contributed by atoms with Crippen LogP contribution in [0.4, 0.5) is 0 Å². The van der Waals surface area contributed by atoms with Crippen LogP contribution >= 0.6 is 0 Å². The highest BCUT2D eigenvalue weighted by Gasteiger charge is 2.40. The van der Waals surface area contributed by atoms with Crippen molar-refractivity contribution in [3.05, 3.63) is 41.2 Å². The van der Waals surface area contributed by atoms with Crippen LogP contribution in [0, 0.1) is 6.92 Å². The van der Waals surface area contributed by atoms with E-state index in [-0.39, 0.29) is 11.5 Å². The van der Waals surface area contributed by atoms with Gasteiger partial charge in [0.05, 0.1) is 17.8 Å². The highest BCUT2D eigenvalue weighted by Crippen LogP contribution is 2.31. The Kier molecular flexibility index (Phi) is 5.60. The number of morpholine rings is 1. The van der Waals surface area contributed by atoms with Gasteiger partial charge in [-0.2, -0.15) is 0 Å². The lowest BCUT2D eigenvalue weighted by Gasteiger charge is -2.47. The topological polar surface area (TPSA) is 45.7 Å². The van der Waals surface area contributed by atoms with Gasteiger partial charge in [-0.25, -0.2) is 0 Å². The smallest absolute Gasteiger partial charge is 0.255 e. The van der Waals surface area contributed by atoms with Gasteiger partial charge in [0.15, 0.2) is 0 Å². The van der Waals surface area contributed by atoms with Gasteiger partial charge < -0.3 is 9.64 Å². The molecular formula is C22H31N3O2. The summed E-state index contributed by atoms with van der Waals surface area (Å²) in [5.41, 5.74) is 3.16. The van der Waals surface area contributed by atoms with Gasteiger partial charge in [0.2, 0.25) is 0 Å². The molecule has 0 saturated carbocycles. The monoisotopic (exact) mass is 369 g/mol. The SMILES string of the molecule is Cc1ccc(C(=O)N2CCC3(CC2)CN(CC2=CCCCC2)CCO3)cn1. The Balaban J connectivity index is 1.33. The third kappa shape index (κ3) is 4.41. The third-order valence-corrected chi connectivity index (χ3v) is 6.26. The number of hydrogen-bond acceptors (Lipinski definition) is 4. The van der Waals surface area contributed by atoms with Crippen molar-refractivity contribution >= 4 is 5.91 Å². The zero-order valence-corrected chi connectivity index (χ0v) is 16.5. The predicted octanol–water partition coefficient (Wildman–Crippen LogP) is 3.20. The summed E-state index contributed by atoms with van der Waals surface area (Å²) < 4.78 is 6.26. The molecular weight excluding hydrogens is 338 g/mol. The number of piperidine rings is 1. The van der Waals surface area contributed by atoms with Crippen LogP contribution in [0.3, 0.4) is 0 Å². The van der Waals surface area contributed by atoms with E-state index in [0.717, 1.165) is 57.9 Å². The van der Waals surface area contributed by atoms with Crippen LogP contribution in [-0.2, 0) is 4.74 Å². The molecule has 0 aromatic carbocycles. The maximum Gasteiger partial charge on any atom is 0.255 e. The van der Waals surface area contributed by atoms with Crippen LogP contribution in [0.5, 0.6) is 0 Å². The molecule has 27 heavy (non-hydrogen) atoms. The number of likely N-dealkylation sites (tertiary alicyclic amines) is 1. The Hall–Kier alpha value is -1.72. The van der Waals surface area contributed by atoms with E-state index in [4.69, 9.17) is 4.74 Å². The van der Waals surface area contributed by atoms with Crippen LogP contribution in [0.1, 0.15) is 54.6 Å². The van der Waals surface area contributed by atoms with Crippen LogP contribution in [-0.4, -0.2) is 65.6 Å². The van der Waals surface area contributed by atoms with E-state index in [1.165, 1.54) is 25.7 Å². The molecule has 0 atom stereocenters. The number of aryl methyl sites for hydroxylation is 1. The van der Waals surface area contributed by atoms with Crippen molar-refractivity contribution < 1.29 is 9.53 Å². The Morgan fingerprint density at radius 1 is 1.22 bits per heavy atom. The average Bonchev–Trinajstić information content (AvgIpc) is 2.70. The predicted molar refractivity (Wildman–Crippen MR) is 106 cm³/mol. The largest absolute Gasteiger partial charge is 0.372 e. The fourth-order valence-electron chi connectivity index (χ4n) is 4.59. The maximum absolute atomic E-state index is 12.7. The lowest BCUT2D eigenvalue weighted by atomic mass is 9.88. The molecule has 1 aromatic heterocycles. The molecule has 4 rings (SSSR count). The molecule has 5 heteroatoms. The summed E-state index contributed by atoms with van der Waals surface area (Å²) in [5, 5.41) is 0. The van der Waals surface area contributed by atoms with Gasteiger partial charge >= 0.3 is 0 Å². The summed E-state index contributed by atoms with van der Waals surface area (Å²) in [6, 6.07) is 3.78. The normalized spacial score (nSPS) is 23.3. The molecule has 5 nitrogen and oxygen atoms in total. The van der Waals surface area contributed by atoms with Gasteiger partial charge in [0.1, 0.15) is 0 Å². The van der Waals surface area contributed by atoms with Crippen molar-refractivity contribution in [1.29, 1.82) is 0 Å². The number of hydrogen-bond donors (Lipinski definition) is 0. The van der Waals surface area contributed by atoms with Crippen molar-refractivity contribution in [2.24, 2.45) is 0 Å². The van der Waals surface area contributed by atoms with Crippen LogP contribution in [0.25, 0.3) is 0 Å². The summed E-state index contributed by atoms with van der Waals surface area (Å²) in [4.78, 5) is 21.5. The van der Waals surface area contributed by atoms with E-state index in [1.807, 2.05) is 24.0 Å². The number of aromatic nitrogens is 1. The average molecular weight is 370 g/mol. The molecule has 0 radical (unpaired) electrons. The Bertz CT molecular complexity index is 690. The van der Waals surface area contributed by atoms with Gasteiger partial charge in [-0.3, -0.25) is 14.7 Å². The molecule has 2 saturated heterocycles. The maximum atomic E-state index is 12.7. The highest BCUT2D eigenvalue weighted by molar-refractivity contribution is 5.94. The number of nitrogens with zero attached hydrogens (tertiary/aromatic N) is 3. The second-order valence-corrected chi connectivity index (χ2v) is 8.33. The molecule has 3 aliphatic rings. The Labute approximate surface area is 162 Å². The Morgan fingerprint density at radius 3 is 2.78 bits per heavy atom. The minimum absolute atomic E-state index is 0.0736. The summed E-state index contributed by atoms with van der Waals surface area (Å²) in [7, 11) is 0. The molecule has 1 aliphatic carbocycles. The van der Waals surface area contributed by atoms with Gasteiger partial charge in [-0.05, 0) is 57.6 Å². The zero-order chi connectivity index (χ0) is 18.7. The highest BCUT2D eigenvalue weighted by atomic mass is 16.5. The quantitative estimate of drug-likeness (QED) is 0.768. The number of rotatable bonds is 3. The number of amides is 1. The molecule has 2 fully saturated rings. The molecule has 1 amide bonds. The molecule has 0 bridgehead atoms. The number of carbonyl (C=O) groups is 1. The number of allylic oxidation sites excluding steroid dienone is 1. The van der Waals surface area contributed by atoms with E-state index >= 15 is 0 Å².